The van der Waals surface area contributed by atoms with Crippen molar-refractivity contribution < 1.29 is 19.1 Å². The van der Waals surface area contributed by atoms with E-state index in [1.54, 1.807) is 25.7 Å². The number of benzene rings is 2. The van der Waals surface area contributed by atoms with Gasteiger partial charge in [-0.25, -0.2) is 4.79 Å². The molecule has 7 heteroatoms. The van der Waals surface area contributed by atoms with Gasteiger partial charge >= 0.3 is 6.09 Å². The summed E-state index contributed by atoms with van der Waals surface area (Å²) in [4.78, 5) is 42.9. The molecule has 220 valence electrons. The fourth-order valence-electron chi connectivity index (χ4n) is 4.66. The Morgan fingerprint density at radius 1 is 0.900 bits per heavy atom. The monoisotopic (exact) mass is 551 g/mol. The van der Waals surface area contributed by atoms with Crippen molar-refractivity contribution in [3.05, 3.63) is 70.8 Å². The summed E-state index contributed by atoms with van der Waals surface area (Å²) in [6, 6.07) is 13.6. The van der Waals surface area contributed by atoms with E-state index in [0.29, 0.717) is 6.54 Å². The van der Waals surface area contributed by atoms with Gasteiger partial charge in [-0.2, -0.15) is 0 Å². The molecule has 0 heterocycles. The van der Waals surface area contributed by atoms with E-state index in [1.807, 2.05) is 76.2 Å². The lowest BCUT2D eigenvalue weighted by Gasteiger charge is -2.36. The molecule has 2 aromatic rings. The van der Waals surface area contributed by atoms with E-state index in [2.05, 4.69) is 17.6 Å². The molecule has 2 unspecified atom stereocenters. The molecule has 2 atom stereocenters. The molecule has 0 saturated carbocycles. The fourth-order valence-corrected chi connectivity index (χ4v) is 4.66. The largest absolute Gasteiger partial charge is 0.444 e. The van der Waals surface area contributed by atoms with Crippen molar-refractivity contribution in [2.24, 2.45) is 0 Å². The Bertz CT molecular complexity index is 1110. The second-order valence-corrected chi connectivity index (χ2v) is 11.8. The van der Waals surface area contributed by atoms with Crippen LogP contribution in [0.5, 0.6) is 0 Å². The maximum Gasteiger partial charge on any atom is 0.408 e. The number of aryl methyl sites for hydroxylation is 1. The Hall–Kier alpha value is -3.35. The van der Waals surface area contributed by atoms with Gasteiger partial charge < -0.3 is 20.3 Å². The molecule has 3 amide bonds. The van der Waals surface area contributed by atoms with Gasteiger partial charge in [0.15, 0.2) is 0 Å². The van der Waals surface area contributed by atoms with Crippen molar-refractivity contribution in [2.75, 3.05) is 6.54 Å². The Morgan fingerprint density at radius 2 is 1.57 bits per heavy atom. The standard InChI is InChI=1S/C33H49N3O4/c1-9-10-11-15-21-36(29(30(37)34-23(2)3)27-20-16-17-24(4)25(27)5)31(38)28(22-26-18-13-12-14-19-26)35-32(39)40-33(6,7)8/h12-14,16-20,23,28-29H,9-11,15,21-22H2,1-8H3,(H,34,37)(H,35,39). The summed E-state index contributed by atoms with van der Waals surface area (Å²) >= 11 is 0. The van der Waals surface area contributed by atoms with Crippen LogP contribution in [0.15, 0.2) is 48.5 Å². The minimum Gasteiger partial charge on any atom is -0.444 e. The van der Waals surface area contributed by atoms with Gasteiger partial charge in [0.05, 0.1) is 0 Å². The lowest BCUT2D eigenvalue weighted by atomic mass is 9.94. The van der Waals surface area contributed by atoms with Crippen molar-refractivity contribution in [3.8, 4) is 0 Å². The van der Waals surface area contributed by atoms with Crippen molar-refractivity contribution in [2.45, 2.75) is 111 Å². The zero-order valence-corrected chi connectivity index (χ0v) is 25.7. The second-order valence-electron chi connectivity index (χ2n) is 11.8. The normalized spacial score (nSPS) is 12.9. The van der Waals surface area contributed by atoms with E-state index < -0.39 is 23.8 Å². The number of carbonyl (C=O) groups excluding carboxylic acids is 3. The zero-order valence-electron chi connectivity index (χ0n) is 25.7. The molecule has 0 radical (unpaired) electrons. The third-order valence-electron chi connectivity index (χ3n) is 6.74. The fraction of sp³-hybridized carbons (Fsp3) is 0.545. The van der Waals surface area contributed by atoms with E-state index in [9.17, 15) is 14.4 Å². The smallest absolute Gasteiger partial charge is 0.408 e. The summed E-state index contributed by atoms with van der Waals surface area (Å²) in [6.45, 7) is 15.7. The van der Waals surface area contributed by atoms with Crippen LogP contribution in [0.1, 0.15) is 95.5 Å². The number of rotatable bonds is 13. The Morgan fingerprint density at radius 3 is 2.17 bits per heavy atom. The van der Waals surface area contributed by atoms with Crippen molar-refractivity contribution >= 4 is 17.9 Å². The molecule has 0 aliphatic carbocycles. The van der Waals surface area contributed by atoms with Gasteiger partial charge in [-0.15, -0.1) is 0 Å². The average molecular weight is 552 g/mol. The third kappa shape index (κ3) is 10.3. The van der Waals surface area contributed by atoms with Crippen molar-refractivity contribution in [1.82, 2.24) is 15.5 Å². The Balaban J connectivity index is 2.59. The lowest BCUT2D eigenvalue weighted by molar-refractivity contribution is -0.142. The van der Waals surface area contributed by atoms with Crippen LogP contribution in [-0.2, 0) is 20.7 Å². The summed E-state index contributed by atoms with van der Waals surface area (Å²) < 4.78 is 5.53. The number of ether oxygens (including phenoxy) is 1. The average Bonchev–Trinajstić information content (AvgIpc) is 2.86. The van der Waals surface area contributed by atoms with Gasteiger partial charge in [-0.3, -0.25) is 9.59 Å². The molecule has 40 heavy (non-hydrogen) atoms. The molecule has 0 bridgehead atoms. The van der Waals surface area contributed by atoms with Crippen LogP contribution in [0.25, 0.3) is 0 Å². The number of hydrogen-bond acceptors (Lipinski definition) is 4. The van der Waals surface area contributed by atoms with Crippen LogP contribution in [0.4, 0.5) is 4.79 Å². The zero-order chi connectivity index (χ0) is 29.9. The quantitative estimate of drug-likeness (QED) is 0.282. The van der Waals surface area contributed by atoms with Gasteiger partial charge in [0, 0.05) is 19.0 Å². The van der Waals surface area contributed by atoms with Crippen LogP contribution in [0.3, 0.4) is 0 Å². The molecule has 0 aliphatic heterocycles. The summed E-state index contributed by atoms with van der Waals surface area (Å²) in [5, 5.41) is 5.87. The van der Waals surface area contributed by atoms with Gasteiger partial charge in [0.1, 0.15) is 17.7 Å². The molecule has 0 aromatic heterocycles. The van der Waals surface area contributed by atoms with Gasteiger partial charge in [-0.1, -0.05) is 74.7 Å². The summed E-state index contributed by atoms with van der Waals surface area (Å²) in [5.74, 6) is -0.542. The molecule has 0 fully saturated rings. The molecule has 0 spiro atoms. The van der Waals surface area contributed by atoms with E-state index in [0.717, 1.165) is 47.9 Å². The SMILES string of the molecule is CCCCCCN(C(=O)C(Cc1ccccc1)NC(=O)OC(C)(C)C)C(C(=O)NC(C)C)c1cccc(C)c1C. The Labute approximate surface area is 241 Å². The third-order valence-corrected chi connectivity index (χ3v) is 6.74. The first-order chi connectivity index (χ1) is 18.8. The highest BCUT2D eigenvalue weighted by atomic mass is 16.6. The maximum absolute atomic E-state index is 14.5. The highest BCUT2D eigenvalue weighted by Crippen LogP contribution is 2.28. The van der Waals surface area contributed by atoms with Crippen LogP contribution in [0.2, 0.25) is 0 Å². The number of nitrogens with one attached hydrogen (secondary N) is 2. The minimum absolute atomic E-state index is 0.0998. The maximum atomic E-state index is 14.5. The first-order valence-electron chi connectivity index (χ1n) is 14.5. The van der Waals surface area contributed by atoms with Crippen LogP contribution >= 0.6 is 0 Å². The number of nitrogens with zero attached hydrogens (tertiary/aromatic N) is 1. The molecular weight excluding hydrogens is 502 g/mol. The number of carbonyl (C=O) groups is 3. The molecule has 2 N–H and O–H groups in total. The van der Waals surface area contributed by atoms with Crippen LogP contribution in [-0.4, -0.2) is 47.0 Å². The summed E-state index contributed by atoms with van der Waals surface area (Å²) in [6.07, 6.45) is 3.39. The molecule has 7 nitrogen and oxygen atoms in total. The van der Waals surface area contributed by atoms with Gasteiger partial charge in [-0.05, 0) is 77.1 Å². The van der Waals surface area contributed by atoms with E-state index in [-0.39, 0.29) is 24.3 Å². The van der Waals surface area contributed by atoms with Crippen molar-refractivity contribution in [1.29, 1.82) is 0 Å². The minimum atomic E-state index is -0.914. The summed E-state index contributed by atoms with van der Waals surface area (Å²) in [5.41, 5.74) is 2.99. The predicted octanol–water partition coefficient (Wildman–Crippen LogP) is 6.41. The van der Waals surface area contributed by atoms with E-state index in [1.165, 1.54) is 0 Å². The number of unbranched alkanes of at least 4 members (excludes halogenated alkanes) is 3. The first kappa shape index (κ1) is 32.9. The van der Waals surface area contributed by atoms with E-state index in [4.69, 9.17) is 4.74 Å². The van der Waals surface area contributed by atoms with Crippen molar-refractivity contribution in [3.63, 3.8) is 0 Å². The van der Waals surface area contributed by atoms with Crippen LogP contribution < -0.4 is 10.6 Å². The highest BCUT2D eigenvalue weighted by Gasteiger charge is 2.37. The molecule has 0 aliphatic rings. The molecule has 2 rings (SSSR count). The number of alkyl carbamates (subject to hydrolysis) is 1. The predicted molar refractivity (Wildman–Crippen MR) is 161 cm³/mol. The highest BCUT2D eigenvalue weighted by molar-refractivity contribution is 5.92. The molecule has 0 saturated heterocycles. The van der Waals surface area contributed by atoms with Gasteiger partial charge in [0.25, 0.3) is 0 Å². The number of hydrogen-bond donors (Lipinski definition) is 2. The van der Waals surface area contributed by atoms with Gasteiger partial charge in [0.2, 0.25) is 11.8 Å². The topological polar surface area (TPSA) is 87.7 Å². The second kappa shape index (κ2) is 15.4. The number of amides is 3. The molecule has 2 aromatic carbocycles. The summed E-state index contributed by atoms with van der Waals surface area (Å²) in [7, 11) is 0. The first-order valence-corrected chi connectivity index (χ1v) is 14.5. The lowest BCUT2D eigenvalue weighted by Crippen LogP contribution is -2.54. The molecular formula is C33H49N3O4. The van der Waals surface area contributed by atoms with Crippen LogP contribution in [0, 0.1) is 13.8 Å². The van der Waals surface area contributed by atoms with E-state index >= 15 is 0 Å². The Kier molecular flexibility index (Phi) is 12.7.